The van der Waals surface area contributed by atoms with Crippen molar-refractivity contribution in [3.05, 3.63) is 29.7 Å². The molecule has 1 amide bonds. The number of carbonyl (C=O) groups excluding carboxylic acids is 1. The molecule has 2 saturated heterocycles. The standard InChI is InChI=1S/C19H25N3O3/c1-13-20-17-5-4-14(11-18(17)25-13)19(23)21-15-6-8-22(9-7-15)12-16-3-2-10-24-16/h4-5,11,15-16H,2-3,6-10,12H2,1H3,(H,21,23)/t16-/m0/s1. The van der Waals surface area contributed by atoms with E-state index in [0.717, 1.165) is 44.6 Å². The van der Waals surface area contributed by atoms with E-state index in [-0.39, 0.29) is 11.9 Å². The van der Waals surface area contributed by atoms with Crippen LogP contribution in [-0.2, 0) is 4.74 Å². The molecule has 6 heteroatoms. The molecule has 0 aliphatic carbocycles. The number of hydrogen-bond acceptors (Lipinski definition) is 5. The van der Waals surface area contributed by atoms with Gasteiger partial charge < -0.3 is 19.4 Å². The summed E-state index contributed by atoms with van der Waals surface area (Å²) in [5, 5.41) is 3.16. The quantitative estimate of drug-likeness (QED) is 0.924. The van der Waals surface area contributed by atoms with Gasteiger partial charge in [-0.15, -0.1) is 0 Å². The molecule has 134 valence electrons. The second-order valence-electron chi connectivity index (χ2n) is 7.10. The second kappa shape index (κ2) is 7.14. The number of nitrogens with one attached hydrogen (secondary N) is 1. The Morgan fingerprint density at radius 1 is 1.32 bits per heavy atom. The van der Waals surface area contributed by atoms with Gasteiger partial charge in [0.05, 0.1) is 6.10 Å². The number of benzene rings is 1. The summed E-state index contributed by atoms with van der Waals surface area (Å²) in [4.78, 5) is 19.2. The first kappa shape index (κ1) is 16.5. The lowest BCUT2D eigenvalue weighted by atomic mass is 10.0. The Morgan fingerprint density at radius 2 is 2.16 bits per heavy atom. The van der Waals surface area contributed by atoms with E-state index in [0.29, 0.717) is 23.1 Å². The van der Waals surface area contributed by atoms with Gasteiger partial charge in [-0.1, -0.05) is 0 Å². The molecule has 2 aliphatic rings. The van der Waals surface area contributed by atoms with Crippen molar-refractivity contribution in [3.63, 3.8) is 0 Å². The number of nitrogens with zero attached hydrogens (tertiary/aromatic N) is 2. The Labute approximate surface area is 147 Å². The summed E-state index contributed by atoms with van der Waals surface area (Å²) in [5.41, 5.74) is 2.08. The van der Waals surface area contributed by atoms with Crippen molar-refractivity contribution in [1.29, 1.82) is 0 Å². The number of likely N-dealkylation sites (tertiary alicyclic amines) is 1. The zero-order valence-corrected chi connectivity index (χ0v) is 14.7. The molecule has 3 heterocycles. The Balaban J connectivity index is 1.30. The van der Waals surface area contributed by atoms with Crippen LogP contribution in [0.5, 0.6) is 0 Å². The van der Waals surface area contributed by atoms with Gasteiger partial charge in [0.1, 0.15) is 5.52 Å². The summed E-state index contributed by atoms with van der Waals surface area (Å²) in [6.45, 7) is 5.79. The molecule has 25 heavy (non-hydrogen) atoms. The van der Waals surface area contributed by atoms with E-state index < -0.39 is 0 Å². The Kier molecular flexibility index (Phi) is 4.72. The van der Waals surface area contributed by atoms with Gasteiger partial charge in [-0.3, -0.25) is 4.79 Å². The molecule has 0 unspecified atom stereocenters. The van der Waals surface area contributed by atoms with Crippen LogP contribution in [0, 0.1) is 6.92 Å². The summed E-state index contributed by atoms with van der Waals surface area (Å²) in [7, 11) is 0. The van der Waals surface area contributed by atoms with E-state index in [1.54, 1.807) is 6.07 Å². The first-order valence-electron chi connectivity index (χ1n) is 9.19. The topological polar surface area (TPSA) is 67.6 Å². The number of rotatable bonds is 4. The molecule has 1 aromatic carbocycles. The molecule has 0 radical (unpaired) electrons. The number of oxazole rings is 1. The molecular weight excluding hydrogens is 318 g/mol. The highest BCUT2D eigenvalue weighted by Crippen LogP contribution is 2.19. The number of amides is 1. The molecule has 4 rings (SSSR count). The molecule has 0 bridgehead atoms. The first-order chi connectivity index (χ1) is 12.2. The van der Waals surface area contributed by atoms with Gasteiger partial charge in [0.2, 0.25) is 0 Å². The van der Waals surface area contributed by atoms with E-state index in [4.69, 9.17) is 9.15 Å². The number of aromatic nitrogens is 1. The van der Waals surface area contributed by atoms with Crippen molar-refractivity contribution >= 4 is 17.0 Å². The number of piperidine rings is 1. The molecule has 0 spiro atoms. The van der Waals surface area contributed by atoms with E-state index in [2.05, 4.69) is 15.2 Å². The predicted molar refractivity (Wildman–Crippen MR) is 94.6 cm³/mol. The summed E-state index contributed by atoms with van der Waals surface area (Å²) < 4.78 is 11.2. The van der Waals surface area contributed by atoms with Crippen LogP contribution >= 0.6 is 0 Å². The molecular formula is C19H25N3O3. The summed E-state index contributed by atoms with van der Waals surface area (Å²) in [5.74, 6) is 0.583. The first-order valence-corrected chi connectivity index (χ1v) is 9.19. The van der Waals surface area contributed by atoms with Crippen LogP contribution in [0.15, 0.2) is 22.6 Å². The fraction of sp³-hybridized carbons (Fsp3) is 0.579. The second-order valence-corrected chi connectivity index (χ2v) is 7.10. The SMILES string of the molecule is Cc1nc2ccc(C(=O)NC3CCN(C[C@@H]4CCCO4)CC3)cc2o1. The molecule has 1 atom stereocenters. The normalized spacial score (nSPS) is 22.5. The fourth-order valence-electron chi connectivity index (χ4n) is 3.79. The van der Waals surface area contributed by atoms with E-state index in [1.807, 2.05) is 19.1 Å². The van der Waals surface area contributed by atoms with Crippen LogP contribution in [0.25, 0.3) is 11.1 Å². The van der Waals surface area contributed by atoms with Gasteiger partial charge in [0.15, 0.2) is 11.5 Å². The van der Waals surface area contributed by atoms with Gasteiger partial charge in [0, 0.05) is 44.8 Å². The third-order valence-corrected chi connectivity index (χ3v) is 5.17. The maximum Gasteiger partial charge on any atom is 0.251 e. The van der Waals surface area contributed by atoms with Gasteiger partial charge >= 0.3 is 0 Å². The summed E-state index contributed by atoms with van der Waals surface area (Å²) in [6.07, 6.45) is 4.75. The monoisotopic (exact) mass is 343 g/mol. The van der Waals surface area contributed by atoms with E-state index in [9.17, 15) is 4.79 Å². The number of ether oxygens (including phenoxy) is 1. The maximum absolute atomic E-state index is 12.5. The molecule has 6 nitrogen and oxygen atoms in total. The molecule has 2 aromatic rings. The molecule has 0 saturated carbocycles. The zero-order valence-electron chi connectivity index (χ0n) is 14.7. The zero-order chi connectivity index (χ0) is 17.2. The van der Waals surface area contributed by atoms with Crippen molar-refractivity contribution < 1.29 is 13.9 Å². The highest BCUT2D eigenvalue weighted by molar-refractivity contribution is 5.97. The number of aryl methyl sites for hydroxylation is 1. The van der Waals surface area contributed by atoms with Crippen LogP contribution in [0.1, 0.15) is 41.9 Å². The fourth-order valence-corrected chi connectivity index (χ4v) is 3.79. The number of carbonyl (C=O) groups is 1. The molecule has 2 aliphatic heterocycles. The predicted octanol–water partition coefficient (Wildman–Crippen LogP) is 2.51. The van der Waals surface area contributed by atoms with Gasteiger partial charge in [-0.05, 0) is 43.9 Å². The van der Waals surface area contributed by atoms with Gasteiger partial charge in [-0.25, -0.2) is 4.98 Å². The minimum atomic E-state index is -0.0338. The summed E-state index contributed by atoms with van der Waals surface area (Å²) >= 11 is 0. The van der Waals surface area contributed by atoms with Crippen LogP contribution < -0.4 is 5.32 Å². The average molecular weight is 343 g/mol. The van der Waals surface area contributed by atoms with Crippen molar-refractivity contribution in [2.24, 2.45) is 0 Å². The van der Waals surface area contributed by atoms with E-state index in [1.165, 1.54) is 12.8 Å². The molecule has 1 N–H and O–H groups in total. The lowest BCUT2D eigenvalue weighted by Gasteiger charge is -2.33. The third-order valence-electron chi connectivity index (χ3n) is 5.17. The highest BCUT2D eigenvalue weighted by Gasteiger charge is 2.25. The molecule has 2 fully saturated rings. The number of hydrogen-bond donors (Lipinski definition) is 1. The maximum atomic E-state index is 12.5. The van der Waals surface area contributed by atoms with Crippen molar-refractivity contribution in [3.8, 4) is 0 Å². The molecule has 1 aromatic heterocycles. The van der Waals surface area contributed by atoms with Crippen molar-refractivity contribution in [2.45, 2.75) is 44.8 Å². The van der Waals surface area contributed by atoms with Crippen molar-refractivity contribution in [1.82, 2.24) is 15.2 Å². The largest absolute Gasteiger partial charge is 0.441 e. The third kappa shape index (κ3) is 3.85. The highest BCUT2D eigenvalue weighted by atomic mass is 16.5. The smallest absolute Gasteiger partial charge is 0.251 e. The van der Waals surface area contributed by atoms with E-state index >= 15 is 0 Å². The van der Waals surface area contributed by atoms with Crippen LogP contribution in [0.2, 0.25) is 0 Å². The Bertz CT molecular complexity index is 743. The lowest BCUT2D eigenvalue weighted by molar-refractivity contribution is 0.0613. The van der Waals surface area contributed by atoms with Gasteiger partial charge in [-0.2, -0.15) is 0 Å². The Morgan fingerprint density at radius 3 is 2.92 bits per heavy atom. The van der Waals surface area contributed by atoms with Gasteiger partial charge in [0.25, 0.3) is 5.91 Å². The number of fused-ring (bicyclic) bond motifs is 1. The average Bonchev–Trinajstić information content (AvgIpc) is 3.24. The van der Waals surface area contributed by atoms with Crippen LogP contribution in [-0.4, -0.2) is 54.2 Å². The minimum absolute atomic E-state index is 0.0338. The van der Waals surface area contributed by atoms with Crippen LogP contribution in [0.4, 0.5) is 0 Å². The van der Waals surface area contributed by atoms with Crippen molar-refractivity contribution in [2.75, 3.05) is 26.2 Å². The lowest BCUT2D eigenvalue weighted by Crippen LogP contribution is -2.46. The van der Waals surface area contributed by atoms with Crippen LogP contribution in [0.3, 0.4) is 0 Å². The summed E-state index contributed by atoms with van der Waals surface area (Å²) in [6, 6.07) is 5.66. The Hall–Kier alpha value is -1.92. The minimum Gasteiger partial charge on any atom is -0.441 e.